The molecular formula is C20H19FN2O3. The largest absolute Gasteiger partial charge is 0.504 e. The molecule has 0 spiro atoms. The minimum Gasteiger partial charge on any atom is -0.504 e. The number of carbonyl (C=O) groups is 1. The molecule has 0 fully saturated rings. The molecule has 0 radical (unpaired) electrons. The van der Waals surface area contributed by atoms with Gasteiger partial charge in [0.05, 0.1) is 7.11 Å². The van der Waals surface area contributed by atoms with Crippen LogP contribution in [0.4, 0.5) is 4.39 Å². The molecule has 1 heterocycles. The summed E-state index contributed by atoms with van der Waals surface area (Å²) in [5.74, 6) is -0.103. The Bertz CT molecular complexity index is 963. The molecule has 26 heavy (non-hydrogen) atoms. The van der Waals surface area contributed by atoms with Crippen molar-refractivity contribution in [3.05, 3.63) is 65.6 Å². The van der Waals surface area contributed by atoms with Gasteiger partial charge in [-0.15, -0.1) is 0 Å². The number of hydrogen-bond acceptors (Lipinski definition) is 3. The number of phenols is 1. The molecule has 3 N–H and O–H groups in total. The number of rotatable bonds is 6. The summed E-state index contributed by atoms with van der Waals surface area (Å²) in [7, 11) is 1.47. The van der Waals surface area contributed by atoms with Crippen molar-refractivity contribution >= 4 is 22.9 Å². The Labute approximate surface area is 150 Å². The predicted octanol–water partition coefficient (Wildman–Crippen LogP) is 3.39. The van der Waals surface area contributed by atoms with Gasteiger partial charge in [-0.25, -0.2) is 4.39 Å². The summed E-state index contributed by atoms with van der Waals surface area (Å²) < 4.78 is 18.2. The molecule has 0 atom stereocenters. The first-order valence-electron chi connectivity index (χ1n) is 8.15. The molecule has 3 rings (SSSR count). The van der Waals surface area contributed by atoms with Crippen molar-refractivity contribution in [3.63, 3.8) is 0 Å². The number of aromatic nitrogens is 1. The first-order chi connectivity index (χ1) is 12.6. The number of carbonyl (C=O) groups excluding carboxylic acids is 1. The molecule has 0 saturated carbocycles. The van der Waals surface area contributed by atoms with Gasteiger partial charge in [-0.2, -0.15) is 0 Å². The fourth-order valence-electron chi connectivity index (χ4n) is 2.71. The number of aromatic amines is 1. The Hall–Kier alpha value is -3.28. The average molecular weight is 354 g/mol. The smallest absolute Gasteiger partial charge is 0.244 e. The van der Waals surface area contributed by atoms with Crippen LogP contribution >= 0.6 is 0 Å². The van der Waals surface area contributed by atoms with E-state index < -0.39 is 0 Å². The highest BCUT2D eigenvalue weighted by molar-refractivity contribution is 5.91. The summed E-state index contributed by atoms with van der Waals surface area (Å²) in [5.41, 5.74) is 2.51. The molecule has 0 saturated heterocycles. The van der Waals surface area contributed by atoms with Gasteiger partial charge < -0.3 is 20.1 Å². The third-order valence-corrected chi connectivity index (χ3v) is 4.05. The molecular weight excluding hydrogens is 335 g/mol. The average Bonchev–Trinajstić information content (AvgIpc) is 3.03. The van der Waals surface area contributed by atoms with Crippen molar-refractivity contribution in [2.24, 2.45) is 0 Å². The standard InChI is InChI=1S/C20H19FN2O3/c1-26-19-10-13(2-6-18(19)24)3-7-20(25)22-9-8-14-12-23-17-11-15(21)4-5-16(14)17/h2-7,10-12,23-24H,8-9H2,1H3,(H,22,25)/b7-3+. The summed E-state index contributed by atoms with van der Waals surface area (Å²) in [5, 5.41) is 13.3. The van der Waals surface area contributed by atoms with Crippen LogP contribution < -0.4 is 10.1 Å². The number of benzene rings is 2. The Morgan fingerprint density at radius 2 is 2.15 bits per heavy atom. The Balaban J connectivity index is 1.55. The normalized spacial score (nSPS) is 11.2. The zero-order valence-corrected chi connectivity index (χ0v) is 14.3. The number of fused-ring (bicyclic) bond motifs is 1. The monoisotopic (exact) mass is 354 g/mol. The minimum atomic E-state index is -0.282. The van der Waals surface area contributed by atoms with Gasteiger partial charge in [0.15, 0.2) is 11.5 Å². The van der Waals surface area contributed by atoms with Crippen LogP contribution in [0.2, 0.25) is 0 Å². The van der Waals surface area contributed by atoms with E-state index in [9.17, 15) is 14.3 Å². The van der Waals surface area contributed by atoms with E-state index in [0.29, 0.717) is 18.7 Å². The molecule has 1 aromatic heterocycles. The minimum absolute atomic E-state index is 0.0488. The molecule has 5 nitrogen and oxygen atoms in total. The van der Waals surface area contributed by atoms with Crippen molar-refractivity contribution < 1.29 is 19.0 Å². The summed E-state index contributed by atoms with van der Waals surface area (Å²) in [6, 6.07) is 9.45. The lowest BCUT2D eigenvalue weighted by Crippen LogP contribution is -2.23. The van der Waals surface area contributed by atoms with E-state index in [0.717, 1.165) is 22.0 Å². The highest BCUT2D eigenvalue weighted by atomic mass is 19.1. The van der Waals surface area contributed by atoms with Crippen molar-refractivity contribution in [1.82, 2.24) is 10.3 Å². The lowest BCUT2D eigenvalue weighted by Gasteiger charge is -2.04. The van der Waals surface area contributed by atoms with Gasteiger partial charge in [-0.05, 0) is 54.0 Å². The fraction of sp³-hybridized carbons (Fsp3) is 0.150. The molecule has 0 bridgehead atoms. The number of aromatic hydroxyl groups is 1. The first kappa shape index (κ1) is 17.5. The number of hydrogen-bond donors (Lipinski definition) is 3. The van der Waals surface area contributed by atoms with Crippen LogP contribution in [0.25, 0.3) is 17.0 Å². The molecule has 2 aromatic carbocycles. The topological polar surface area (TPSA) is 74.3 Å². The van der Waals surface area contributed by atoms with Crippen LogP contribution in [0.15, 0.2) is 48.7 Å². The van der Waals surface area contributed by atoms with Gasteiger partial charge in [0.1, 0.15) is 5.82 Å². The van der Waals surface area contributed by atoms with Crippen LogP contribution in [0, 0.1) is 5.82 Å². The van der Waals surface area contributed by atoms with Gasteiger partial charge in [-0.1, -0.05) is 6.07 Å². The second-order valence-electron chi connectivity index (χ2n) is 5.81. The van der Waals surface area contributed by atoms with E-state index in [1.54, 1.807) is 24.3 Å². The number of nitrogens with one attached hydrogen (secondary N) is 2. The zero-order valence-electron chi connectivity index (χ0n) is 14.3. The van der Waals surface area contributed by atoms with Crippen LogP contribution in [-0.2, 0) is 11.2 Å². The number of amides is 1. The van der Waals surface area contributed by atoms with Gasteiger partial charge in [0, 0.05) is 29.7 Å². The molecule has 1 amide bonds. The second-order valence-corrected chi connectivity index (χ2v) is 5.81. The van der Waals surface area contributed by atoms with Crippen LogP contribution in [0.3, 0.4) is 0 Å². The fourth-order valence-corrected chi connectivity index (χ4v) is 2.71. The van der Waals surface area contributed by atoms with Crippen molar-refractivity contribution in [2.75, 3.05) is 13.7 Å². The van der Waals surface area contributed by atoms with E-state index in [2.05, 4.69) is 10.3 Å². The first-order valence-corrected chi connectivity index (χ1v) is 8.15. The van der Waals surface area contributed by atoms with Crippen LogP contribution in [0.5, 0.6) is 11.5 Å². The summed E-state index contributed by atoms with van der Waals surface area (Å²) in [4.78, 5) is 15.0. The SMILES string of the molecule is COc1cc(/C=C/C(=O)NCCc2c[nH]c3cc(F)ccc23)ccc1O. The summed E-state index contributed by atoms with van der Waals surface area (Å²) in [6.07, 6.45) is 5.54. The maximum atomic E-state index is 13.2. The van der Waals surface area contributed by atoms with Crippen molar-refractivity contribution in [3.8, 4) is 11.5 Å². The predicted molar refractivity (Wildman–Crippen MR) is 98.7 cm³/mol. The zero-order chi connectivity index (χ0) is 18.5. The van der Waals surface area contributed by atoms with Crippen molar-refractivity contribution in [2.45, 2.75) is 6.42 Å². The lowest BCUT2D eigenvalue weighted by molar-refractivity contribution is -0.116. The van der Waals surface area contributed by atoms with E-state index in [1.807, 2.05) is 6.20 Å². The number of H-pyrrole nitrogens is 1. The van der Waals surface area contributed by atoms with Gasteiger partial charge in [0.25, 0.3) is 0 Å². The highest BCUT2D eigenvalue weighted by Crippen LogP contribution is 2.26. The second kappa shape index (κ2) is 7.74. The summed E-state index contributed by atoms with van der Waals surface area (Å²) >= 11 is 0. The van der Waals surface area contributed by atoms with Gasteiger partial charge >= 0.3 is 0 Å². The molecule has 0 aliphatic carbocycles. The number of methoxy groups -OCH3 is 1. The van der Waals surface area contributed by atoms with Crippen molar-refractivity contribution in [1.29, 1.82) is 0 Å². The van der Waals surface area contributed by atoms with Crippen LogP contribution in [-0.4, -0.2) is 29.7 Å². The van der Waals surface area contributed by atoms with Gasteiger partial charge in [-0.3, -0.25) is 4.79 Å². The highest BCUT2D eigenvalue weighted by Gasteiger charge is 2.05. The maximum Gasteiger partial charge on any atom is 0.244 e. The van der Waals surface area contributed by atoms with E-state index >= 15 is 0 Å². The molecule has 0 aliphatic rings. The Morgan fingerprint density at radius 3 is 2.96 bits per heavy atom. The third-order valence-electron chi connectivity index (χ3n) is 4.05. The molecule has 6 heteroatoms. The Kier molecular flexibility index (Phi) is 5.22. The molecule has 0 aliphatic heterocycles. The van der Waals surface area contributed by atoms with E-state index in [4.69, 9.17) is 4.74 Å². The number of ether oxygens (including phenoxy) is 1. The van der Waals surface area contributed by atoms with E-state index in [1.165, 1.54) is 31.4 Å². The number of halogens is 1. The van der Waals surface area contributed by atoms with Gasteiger partial charge in [0.2, 0.25) is 5.91 Å². The molecule has 0 unspecified atom stereocenters. The Morgan fingerprint density at radius 1 is 1.31 bits per heavy atom. The van der Waals surface area contributed by atoms with Crippen LogP contribution in [0.1, 0.15) is 11.1 Å². The lowest BCUT2D eigenvalue weighted by atomic mass is 10.1. The molecule has 3 aromatic rings. The molecule has 134 valence electrons. The van der Waals surface area contributed by atoms with E-state index in [-0.39, 0.29) is 17.5 Å². The quantitative estimate of drug-likeness (QED) is 0.594. The number of phenolic OH excluding ortho intramolecular Hbond substituents is 1. The maximum absolute atomic E-state index is 13.2. The summed E-state index contributed by atoms with van der Waals surface area (Å²) in [6.45, 7) is 0.465. The third kappa shape index (κ3) is 4.03.